The molecule has 1 rings (SSSR count). The first kappa shape index (κ1) is 13.6. The van der Waals surface area contributed by atoms with Crippen LogP contribution in [0.3, 0.4) is 0 Å². The van der Waals surface area contributed by atoms with E-state index >= 15 is 0 Å². The highest BCUT2D eigenvalue weighted by atomic mass is 32.2. The third kappa shape index (κ3) is 4.18. The van der Waals surface area contributed by atoms with Crippen molar-refractivity contribution in [2.75, 3.05) is 18.1 Å². The van der Waals surface area contributed by atoms with E-state index in [9.17, 15) is 0 Å². The lowest BCUT2D eigenvalue weighted by atomic mass is 10.1. The highest BCUT2D eigenvalue weighted by Crippen LogP contribution is 2.09. The summed E-state index contributed by atoms with van der Waals surface area (Å²) in [6.45, 7) is 7.46. The van der Waals surface area contributed by atoms with Gasteiger partial charge in [0.1, 0.15) is 0 Å². The second-order valence-electron chi connectivity index (χ2n) is 4.02. The number of aromatic nitrogens is 2. The van der Waals surface area contributed by atoms with Crippen molar-refractivity contribution in [3.8, 4) is 0 Å². The predicted molar refractivity (Wildman–Crippen MR) is 72.1 cm³/mol. The Balaban J connectivity index is 2.56. The van der Waals surface area contributed by atoms with Crippen LogP contribution < -0.4 is 5.32 Å². The maximum absolute atomic E-state index is 4.39. The molecule has 1 atom stereocenters. The van der Waals surface area contributed by atoms with E-state index in [1.807, 2.05) is 30.4 Å². The van der Waals surface area contributed by atoms with E-state index in [-0.39, 0.29) is 0 Å². The van der Waals surface area contributed by atoms with Crippen molar-refractivity contribution in [3.63, 3.8) is 0 Å². The Hall–Kier alpha value is -0.480. The molecule has 0 aromatic carbocycles. The number of likely N-dealkylation sites (N-methyl/N-ethyl adjacent to an activating group) is 1. The molecule has 0 aliphatic carbocycles. The first-order valence-corrected chi connectivity index (χ1v) is 7.13. The largest absolute Gasteiger partial charge is 0.313 e. The summed E-state index contributed by atoms with van der Waals surface area (Å²) in [6, 6.07) is 2.74. The molecule has 1 unspecified atom stereocenters. The van der Waals surface area contributed by atoms with Gasteiger partial charge in [-0.25, -0.2) is 0 Å². The number of hydrogen-bond acceptors (Lipinski definition) is 3. The van der Waals surface area contributed by atoms with Crippen LogP contribution in [0, 0.1) is 6.92 Å². The lowest BCUT2D eigenvalue weighted by molar-refractivity contribution is 0.549. The van der Waals surface area contributed by atoms with Crippen LogP contribution in [0.2, 0.25) is 0 Å². The Morgan fingerprint density at radius 3 is 2.75 bits per heavy atom. The standard InChI is InChI=1S/C12H23N3S/c1-5-13-11(9-16-6-2)8-12-7-10(3)14-15(12)4/h7,11,13H,5-6,8-9H2,1-4H3. The molecule has 4 heteroatoms. The van der Waals surface area contributed by atoms with Gasteiger partial charge in [0.2, 0.25) is 0 Å². The molecule has 0 saturated carbocycles. The molecule has 1 aromatic heterocycles. The molecule has 0 spiro atoms. The molecule has 3 nitrogen and oxygen atoms in total. The van der Waals surface area contributed by atoms with Gasteiger partial charge in [0.05, 0.1) is 5.69 Å². The van der Waals surface area contributed by atoms with Crippen molar-refractivity contribution < 1.29 is 0 Å². The van der Waals surface area contributed by atoms with Gasteiger partial charge >= 0.3 is 0 Å². The Bertz CT molecular complexity index is 309. The lowest BCUT2D eigenvalue weighted by Crippen LogP contribution is -2.33. The van der Waals surface area contributed by atoms with E-state index in [1.54, 1.807) is 0 Å². The quantitative estimate of drug-likeness (QED) is 0.792. The molecule has 0 aliphatic rings. The van der Waals surface area contributed by atoms with Gasteiger partial charge in [0.15, 0.2) is 0 Å². The van der Waals surface area contributed by atoms with Gasteiger partial charge in [-0.1, -0.05) is 13.8 Å². The molecule has 92 valence electrons. The lowest BCUT2D eigenvalue weighted by Gasteiger charge is -2.17. The van der Waals surface area contributed by atoms with Crippen LogP contribution in [0.4, 0.5) is 0 Å². The summed E-state index contributed by atoms with van der Waals surface area (Å²) in [5, 5.41) is 7.93. The van der Waals surface area contributed by atoms with Crippen LogP contribution in [0.5, 0.6) is 0 Å². The summed E-state index contributed by atoms with van der Waals surface area (Å²) in [6.07, 6.45) is 1.07. The van der Waals surface area contributed by atoms with E-state index in [2.05, 4.69) is 30.3 Å². The summed E-state index contributed by atoms with van der Waals surface area (Å²) in [5.41, 5.74) is 2.43. The molecule has 0 amide bonds. The highest BCUT2D eigenvalue weighted by molar-refractivity contribution is 7.99. The Kier molecular flexibility index (Phi) is 5.91. The number of hydrogen-bond donors (Lipinski definition) is 1. The number of nitrogens with zero attached hydrogens (tertiary/aromatic N) is 2. The summed E-state index contributed by atoms with van der Waals surface area (Å²) in [5.74, 6) is 2.36. The molecule has 0 bridgehead atoms. The third-order valence-electron chi connectivity index (χ3n) is 2.57. The number of rotatable bonds is 7. The maximum Gasteiger partial charge on any atom is 0.0596 e. The zero-order valence-corrected chi connectivity index (χ0v) is 11.6. The Morgan fingerprint density at radius 1 is 1.50 bits per heavy atom. The molecular weight excluding hydrogens is 218 g/mol. The fourth-order valence-electron chi connectivity index (χ4n) is 1.85. The van der Waals surface area contributed by atoms with Gasteiger partial charge in [-0.05, 0) is 25.3 Å². The van der Waals surface area contributed by atoms with Crippen molar-refractivity contribution in [3.05, 3.63) is 17.5 Å². The molecule has 0 saturated heterocycles. The average Bonchev–Trinajstić information content (AvgIpc) is 2.54. The minimum atomic E-state index is 0.560. The van der Waals surface area contributed by atoms with Crippen molar-refractivity contribution in [2.45, 2.75) is 33.2 Å². The van der Waals surface area contributed by atoms with Crippen LogP contribution in [0.25, 0.3) is 0 Å². The summed E-state index contributed by atoms with van der Waals surface area (Å²) in [4.78, 5) is 0. The van der Waals surface area contributed by atoms with Crippen LogP contribution >= 0.6 is 11.8 Å². The monoisotopic (exact) mass is 241 g/mol. The fraction of sp³-hybridized carbons (Fsp3) is 0.750. The molecule has 0 fully saturated rings. The molecule has 1 heterocycles. The Morgan fingerprint density at radius 2 is 2.25 bits per heavy atom. The highest BCUT2D eigenvalue weighted by Gasteiger charge is 2.11. The molecule has 0 radical (unpaired) electrons. The second kappa shape index (κ2) is 6.97. The number of aryl methyl sites for hydroxylation is 2. The van der Waals surface area contributed by atoms with Crippen LogP contribution in [-0.2, 0) is 13.5 Å². The zero-order valence-electron chi connectivity index (χ0n) is 10.8. The van der Waals surface area contributed by atoms with E-state index in [4.69, 9.17) is 0 Å². The van der Waals surface area contributed by atoms with Crippen molar-refractivity contribution in [1.29, 1.82) is 0 Å². The topological polar surface area (TPSA) is 29.9 Å². The fourth-order valence-corrected chi connectivity index (χ4v) is 2.60. The van der Waals surface area contributed by atoms with E-state index < -0.39 is 0 Å². The van der Waals surface area contributed by atoms with Gasteiger partial charge in [0.25, 0.3) is 0 Å². The number of thioether (sulfide) groups is 1. The van der Waals surface area contributed by atoms with Gasteiger partial charge in [-0.15, -0.1) is 0 Å². The van der Waals surface area contributed by atoms with Gasteiger partial charge < -0.3 is 5.32 Å². The van der Waals surface area contributed by atoms with Crippen LogP contribution in [0.1, 0.15) is 25.2 Å². The maximum atomic E-state index is 4.39. The van der Waals surface area contributed by atoms with E-state index in [0.717, 1.165) is 18.7 Å². The predicted octanol–water partition coefficient (Wildman–Crippen LogP) is 2.00. The zero-order chi connectivity index (χ0) is 12.0. The van der Waals surface area contributed by atoms with Gasteiger partial charge in [0, 0.05) is 31.0 Å². The molecule has 0 aliphatic heterocycles. The number of nitrogens with one attached hydrogen (secondary N) is 1. The average molecular weight is 241 g/mol. The van der Waals surface area contributed by atoms with Crippen molar-refractivity contribution in [2.24, 2.45) is 7.05 Å². The summed E-state index contributed by atoms with van der Waals surface area (Å²) in [7, 11) is 2.03. The van der Waals surface area contributed by atoms with Gasteiger partial charge in [-0.3, -0.25) is 4.68 Å². The SMILES string of the molecule is CCNC(CSCC)Cc1cc(C)nn1C. The van der Waals surface area contributed by atoms with Crippen molar-refractivity contribution in [1.82, 2.24) is 15.1 Å². The summed E-state index contributed by atoms with van der Waals surface area (Å²) >= 11 is 2.00. The molecule has 16 heavy (non-hydrogen) atoms. The summed E-state index contributed by atoms with van der Waals surface area (Å²) < 4.78 is 2.00. The molecule has 1 aromatic rings. The second-order valence-corrected chi connectivity index (χ2v) is 5.34. The third-order valence-corrected chi connectivity index (χ3v) is 3.62. The van der Waals surface area contributed by atoms with E-state index in [1.165, 1.54) is 17.2 Å². The molecular formula is C12H23N3S. The normalized spacial score (nSPS) is 13.0. The van der Waals surface area contributed by atoms with E-state index in [0.29, 0.717) is 6.04 Å². The minimum absolute atomic E-state index is 0.560. The smallest absolute Gasteiger partial charge is 0.0596 e. The molecule has 1 N–H and O–H groups in total. The first-order chi connectivity index (χ1) is 7.67. The van der Waals surface area contributed by atoms with Crippen molar-refractivity contribution >= 4 is 11.8 Å². The first-order valence-electron chi connectivity index (χ1n) is 5.98. The minimum Gasteiger partial charge on any atom is -0.313 e. The Labute approximate surface area is 103 Å². The van der Waals surface area contributed by atoms with Crippen LogP contribution in [-0.4, -0.2) is 33.9 Å². The van der Waals surface area contributed by atoms with Gasteiger partial charge in [-0.2, -0.15) is 16.9 Å². The van der Waals surface area contributed by atoms with Crippen LogP contribution in [0.15, 0.2) is 6.07 Å².